The predicted octanol–water partition coefficient (Wildman–Crippen LogP) is 3.70. The summed E-state index contributed by atoms with van der Waals surface area (Å²) in [5, 5.41) is 8.48. The van der Waals surface area contributed by atoms with Crippen LogP contribution in [-0.2, 0) is 25.9 Å². The van der Waals surface area contributed by atoms with Crippen LogP contribution in [0.3, 0.4) is 0 Å². The van der Waals surface area contributed by atoms with Gasteiger partial charge in [0, 0.05) is 30.4 Å². The highest BCUT2D eigenvalue weighted by Crippen LogP contribution is 2.27. The molecule has 1 heterocycles. The van der Waals surface area contributed by atoms with Crippen molar-refractivity contribution in [3.05, 3.63) is 17.0 Å². The molecule has 114 valence electrons. The lowest BCUT2D eigenvalue weighted by atomic mass is 10.1. The van der Waals surface area contributed by atoms with Gasteiger partial charge in [0.25, 0.3) is 0 Å². The third-order valence-corrected chi connectivity index (χ3v) is 4.51. The second-order valence-electron chi connectivity index (χ2n) is 6.45. The van der Waals surface area contributed by atoms with Crippen molar-refractivity contribution in [2.24, 2.45) is 5.92 Å². The Morgan fingerprint density at radius 1 is 1.20 bits per heavy atom. The number of nitrogens with zero attached hydrogens (tertiary/aromatic N) is 2. The zero-order valence-electron chi connectivity index (χ0n) is 13.7. The quantitative estimate of drug-likeness (QED) is 0.823. The van der Waals surface area contributed by atoms with Gasteiger partial charge in [-0.1, -0.05) is 40.5 Å². The Morgan fingerprint density at radius 2 is 1.90 bits per heavy atom. The van der Waals surface area contributed by atoms with Gasteiger partial charge >= 0.3 is 0 Å². The molecule has 1 aromatic heterocycles. The Kier molecular flexibility index (Phi) is 5.64. The van der Waals surface area contributed by atoms with E-state index in [4.69, 9.17) is 5.10 Å². The molecule has 0 bridgehead atoms. The van der Waals surface area contributed by atoms with Crippen LogP contribution in [0.15, 0.2) is 0 Å². The zero-order valence-corrected chi connectivity index (χ0v) is 13.7. The number of nitrogens with one attached hydrogen (secondary N) is 1. The molecule has 1 saturated carbocycles. The molecule has 1 aromatic rings. The van der Waals surface area contributed by atoms with E-state index in [2.05, 4.69) is 37.7 Å². The summed E-state index contributed by atoms with van der Waals surface area (Å²) in [5.74, 6) is 0.857. The molecule has 0 radical (unpaired) electrons. The van der Waals surface area contributed by atoms with Crippen LogP contribution < -0.4 is 5.32 Å². The molecular formula is C17H31N3. The summed E-state index contributed by atoms with van der Waals surface area (Å²) in [4.78, 5) is 0. The number of aryl methyl sites for hydroxylation is 1. The van der Waals surface area contributed by atoms with E-state index in [0.717, 1.165) is 31.8 Å². The molecule has 2 rings (SSSR count). The zero-order chi connectivity index (χ0) is 14.5. The molecular weight excluding hydrogens is 246 g/mol. The van der Waals surface area contributed by atoms with Gasteiger partial charge in [0.15, 0.2) is 0 Å². The van der Waals surface area contributed by atoms with Crippen molar-refractivity contribution in [1.82, 2.24) is 15.1 Å². The summed E-state index contributed by atoms with van der Waals surface area (Å²) in [5.41, 5.74) is 4.22. The minimum absolute atomic E-state index is 0.530. The maximum Gasteiger partial charge on any atom is 0.0669 e. The van der Waals surface area contributed by atoms with Gasteiger partial charge in [0.2, 0.25) is 0 Å². The van der Waals surface area contributed by atoms with Crippen molar-refractivity contribution in [3.63, 3.8) is 0 Å². The molecule has 1 fully saturated rings. The van der Waals surface area contributed by atoms with Gasteiger partial charge in [-0.05, 0) is 31.6 Å². The van der Waals surface area contributed by atoms with Crippen LogP contribution in [0.25, 0.3) is 0 Å². The van der Waals surface area contributed by atoms with Gasteiger partial charge in [-0.2, -0.15) is 5.10 Å². The first-order valence-electron chi connectivity index (χ1n) is 8.46. The molecule has 0 spiro atoms. The molecule has 0 saturated heterocycles. The minimum atomic E-state index is 0.530. The largest absolute Gasteiger partial charge is 0.310 e. The van der Waals surface area contributed by atoms with Gasteiger partial charge < -0.3 is 5.32 Å². The van der Waals surface area contributed by atoms with Crippen LogP contribution in [0, 0.1) is 5.92 Å². The normalized spacial score (nSPS) is 16.4. The van der Waals surface area contributed by atoms with Crippen molar-refractivity contribution in [1.29, 1.82) is 0 Å². The monoisotopic (exact) mass is 277 g/mol. The summed E-state index contributed by atoms with van der Waals surface area (Å²) in [6, 6.07) is 0.530. The van der Waals surface area contributed by atoms with Crippen molar-refractivity contribution in [2.45, 2.75) is 85.4 Å². The molecule has 0 amide bonds. The summed E-state index contributed by atoms with van der Waals surface area (Å²) in [6.45, 7) is 11.0. The Bertz CT molecular complexity index is 414. The van der Waals surface area contributed by atoms with E-state index in [9.17, 15) is 0 Å². The fraction of sp³-hybridized carbons (Fsp3) is 0.824. The highest BCUT2D eigenvalue weighted by molar-refractivity contribution is 5.27. The van der Waals surface area contributed by atoms with E-state index in [1.165, 1.54) is 42.6 Å². The first-order valence-corrected chi connectivity index (χ1v) is 8.46. The highest BCUT2D eigenvalue weighted by Gasteiger charge is 2.20. The maximum atomic E-state index is 4.92. The Morgan fingerprint density at radius 3 is 2.45 bits per heavy atom. The summed E-state index contributed by atoms with van der Waals surface area (Å²) in [6.07, 6.45) is 7.74. The molecule has 0 unspecified atom stereocenters. The topological polar surface area (TPSA) is 29.9 Å². The lowest BCUT2D eigenvalue weighted by molar-refractivity contribution is 0.417. The fourth-order valence-electron chi connectivity index (χ4n) is 3.37. The third-order valence-electron chi connectivity index (χ3n) is 4.51. The number of hydrogen-bond acceptors (Lipinski definition) is 2. The molecule has 0 atom stereocenters. The Hall–Kier alpha value is -0.830. The molecule has 1 aliphatic rings. The summed E-state index contributed by atoms with van der Waals surface area (Å²) >= 11 is 0. The highest BCUT2D eigenvalue weighted by atomic mass is 15.3. The maximum absolute atomic E-state index is 4.92. The lowest BCUT2D eigenvalue weighted by Gasteiger charge is -2.13. The standard InChI is InChI=1S/C17H31N3/c1-5-16-15(11-18-13(3)4)17(6-2)20(19-16)12-14-9-7-8-10-14/h13-14,18H,5-12H2,1-4H3. The van der Waals surface area contributed by atoms with Crippen molar-refractivity contribution < 1.29 is 0 Å². The van der Waals surface area contributed by atoms with Crippen LogP contribution in [0.2, 0.25) is 0 Å². The third kappa shape index (κ3) is 3.63. The predicted molar refractivity (Wildman–Crippen MR) is 84.9 cm³/mol. The van der Waals surface area contributed by atoms with Crippen LogP contribution in [0.1, 0.15) is 70.3 Å². The van der Waals surface area contributed by atoms with Crippen molar-refractivity contribution >= 4 is 0 Å². The number of hydrogen-bond donors (Lipinski definition) is 1. The van der Waals surface area contributed by atoms with E-state index in [0.29, 0.717) is 6.04 Å². The molecule has 1 N–H and O–H groups in total. The molecule has 0 aromatic carbocycles. The minimum Gasteiger partial charge on any atom is -0.310 e. The second kappa shape index (κ2) is 7.26. The first kappa shape index (κ1) is 15.6. The van der Waals surface area contributed by atoms with Crippen LogP contribution in [-0.4, -0.2) is 15.8 Å². The first-order chi connectivity index (χ1) is 9.65. The molecule has 1 aliphatic carbocycles. The van der Waals surface area contributed by atoms with Gasteiger partial charge in [0.1, 0.15) is 0 Å². The van der Waals surface area contributed by atoms with E-state index >= 15 is 0 Å². The van der Waals surface area contributed by atoms with Crippen molar-refractivity contribution in [3.8, 4) is 0 Å². The average molecular weight is 277 g/mol. The van der Waals surface area contributed by atoms with Crippen molar-refractivity contribution in [2.75, 3.05) is 0 Å². The lowest BCUT2D eigenvalue weighted by Crippen LogP contribution is -2.23. The van der Waals surface area contributed by atoms with Crippen LogP contribution >= 0.6 is 0 Å². The Labute approximate surface area is 124 Å². The number of aromatic nitrogens is 2. The van der Waals surface area contributed by atoms with Gasteiger partial charge in [-0.3, -0.25) is 4.68 Å². The fourth-order valence-corrected chi connectivity index (χ4v) is 3.37. The summed E-state index contributed by atoms with van der Waals surface area (Å²) in [7, 11) is 0. The van der Waals surface area contributed by atoms with Crippen LogP contribution in [0.4, 0.5) is 0 Å². The van der Waals surface area contributed by atoms with Gasteiger partial charge in [0.05, 0.1) is 5.69 Å². The molecule has 20 heavy (non-hydrogen) atoms. The smallest absolute Gasteiger partial charge is 0.0669 e. The van der Waals surface area contributed by atoms with Gasteiger partial charge in [-0.15, -0.1) is 0 Å². The molecule has 3 nitrogen and oxygen atoms in total. The number of rotatable bonds is 7. The van der Waals surface area contributed by atoms with E-state index in [1.807, 2.05) is 0 Å². The SMILES string of the molecule is CCc1nn(CC2CCCC2)c(CC)c1CNC(C)C. The van der Waals surface area contributed by atoms with Crippen LogP contribution in [0.5, 0.6) is 0 Å². The average Bonchev–Trinajstić information content (AvgIpc) is 3.03. The van der Waals surface area contributed by atoms with E-state index < -0.39 is 0 Å². The van der Waals surface area contributed by atoms with Gasteiger partial charge in [-0.25, -0.2) is 0 Å². The Balaban J connectivity index is 2.17. The summed E-state index contributed by atoms with van der Waals surface area (Å²) < 4.78 is 2.33. The molecule has 3 heteroatoms. The second-order valence-corrected chi connectivity index (χ2v) is 6.45. The van der Waals surface area contributed by atoms with E-state index in [1.54, 1.807) is 0 Å². The van der Waals surface area contributed by atoms with E-state index in [-0.39, 0.29) is 0 Å². The molecule has 0 aliphatic heterocycles.